The van der Waals surface area contributed by atoms with Gasteiger partial charge in [-0.3, -0.25) is 0 Å². The maximum atomic E-state index is 2.49. The molecule has 0 aromatic heterocycles. The third-order valence-corrected chi connectivity index (χ3v) is 23.9. The van der Waals surface area contributed by atoms with Gasteiger partial charge in [0.2, 0.25) is 0 Å². The molecule has 0 saturated heterocycles. The summed E-state index contributed by atoms with van der Waals surface area (Å²) in [6, 6.07) is 0. The summed E-state index contributed by atoms with van der Waals surface area (Å²) < 4.78 is 6.33. The fourth-order valence-electron chi connectivity index (χ4n) is 4.35. The van der Waals surface area contributed by atoms with Gasteiger partial charge < -0.3 is 0 Å². The topological polar surface area (TPSA) is 0 Å². The molecule has 1 atom stereocenters. The van der Waals surface area contributed by atoms with Gasteiger partial charge in [-0.05, 0) is 0 Å². The van der Waals surface area contributed by atoms with Crippen molar-refractivity contribution in [2.45, 2.75) is 109 Å². The first-order valence-electron chi connectivity index (χ1n) is 9.94. The van der Waals surface area contributed by atoms with Crippen LogP contribution in [0.2, 0.25) is 17.2 Å². The Morgan fingerprint density at radius 2 is 1.29 bits per heavy atom. The number of rotatable bonds is 10. The summed E-state index contributed by atoms with van der Waals surface area (Å²) >= 11 is -1.93. The molecule has 1 aliphatic carbocycles. The Kier molecular flexibility index (Phi) is 11.2. The monoisotopic (exact) mass is 400 g/mol. The van der Waals surface area contributed by atoms with Crippen LogP contribution in [0.25, 0.3) is 0 Å². The molecule has 1 aliphatic rings. The third-order valence-electron chi connectivity index (χ3n) is 5.72. The van der Waals surface area contributed by atoms with E-state index in [1.165, 1.54) is 61.7 Å². The molecule has 1 unspecified atom stereocenters. The molecule has 0 heterocycles. The summed E-state index contributed by atoms with van der Waals surface area (Å²) in [5.74, 6) is 0. The average Bonchev–Trinajstić information content (AvgIpc) is 2.47. The molecule has 0 aliphatic heterocycles. The Morgan fingerprint density at radius 3 is 1.81 bits per heavy atom. The van der Waals surface area contributed by atoms with Gasteiger partial charge in [-0.25, -0.2) is 0 Å². The van der Waals surface area contributed by atoms with Crippen LogP contribution in [0, 0.1) is 0 Å². The van der Waals surface area contributed by atoms with E-state index in [1.54, 1.807) is 26.2 Å². The van der Waals surface area contributed by atoms with Crippen LogP contribution in [0.3, 0.4) is 0 Å². The van der Waals surface area contributed by atoms with Gasteiger partial charge in [0.05, 0.1) is 0 Å². The maximum absolute atomic E-state index is 2.49. The van der Waals surface area contributed by atoms with Crippen LogP contribution in [0.1, 0.15) is 91.4 Å². The Morgan fingerprint density at radius 1 is 0.762 bits per heavy atom. The molecule has 1 rings (SSSR count). The molecular weight excluding hydrogens is 359 g/mol. The molecule has 0 amide bonds. The zero-order valence-corrected chi connectivity index (χ0v) is 18.0. The van der Waals surface area contributed by atoms with Crippen molar-refractivity contribution in [3.63, 3.8) is 0 Å². The Bertz CT molecular complexity index is 247. The van der Waals surface area contributed by atoms with Crippen molar-refractivity contribution in [3.8, 4) is 0 Å². The molecule has 0 aromatic rings. The van der Waals surface area contributed by atoms with E-state index in [1.807, 2.05) is 0 Å². The van der Waals surface area contributed by atoms with Crippen molar-refractivity contribution in [2.24, 2.45) is 0 Å². The van der Waals surface area contributed by atoms with Gasteiger partial charge in [0.25, 0.3) is 0 Å². The molecule has 0 N–H and O–H groups in total. The van der Waals surface area contributed by atoms with Crippen LogP contribution in [-0.2, 0) is 0 Å². The molecule has 0 spiro atoms. The van der Waals surface area contributed by atoms with Gasteiger partial charge in [0, 0.05) is 0 Å². The fraction of sp³-hybridized carbons (Fsp3) is 0.900. The fourth-order valence-corrected chi connectivity index (χ4v) is 23.6. The molecule has 0 saturated carbocycles. The number of hydrogen-bond acceptors (Lipinski definition) is 0. The van der Waals surface area contributed by atoms with Crippen molar-refractivity contribution < 1.29 is 0 Å². The minimum absolute atomic E-state index is 1.20. The summed E-state index contributed by atoms with van der Waals surface area (Å²) in [5.41, 5.74) is 0. The number of allylic oxidation sites excluding steroid dienone is 2. The summed E-state index contributed by atoms with van der Waals surface area (Å²) in [4.78, 5) is 0. The van der Waals surface area contributed by atoms with E-state index < -0.39 is 18.4 Å². The predicted octanol–water partition coefficient (Wildman–Crippen LogP) is 7.73. The first-order chi connectivity index (χ1) is 10.3. The molecule has 21 heavy (non-hydrogen) atoms. The molecule has 1 heteroatoms. The van der Waals surface area contributed by atoms with E-state index in [2.05, 4.69) is 32.9 Å². The van der Waals surface area contributed by atoms with Crippen LogP contribution in [0.15, 0.2) is 12.2 Å². The Labute approximate surface area is 139 Å². The van der Waals surface area contributed by atoms with Gasteiger partial charge in [0.1, 0.15) is 0 Å². The molecule has 0 bridgehead atoms. The van der Waals surface area contributed by atoms with Crippen molar-refractivity contribution in [1.29, 1.82) is 0 Å². The van der Waals surface area contributed by atoms with Crippen molar-refractivity contribution in [1.82, 2.24) is 0 Å². The van der Waals surface area contributed by atoms with Crippen molar-refractivity contribution in [2.75, 3.05) is 0 Å². The number of hydrogen-bond donors (Lipinski definition) is 0. The van der Waals surface area contributed by atoms with E-state index in [4.69, 9.17) is 0 Å². The molecule has 0 radical (unpaired) electrons. The van der Waals surface area contributed by atoms with Crippen LogP contribution < -0.4 is 0 Å². The van der Waals surface area contributed by atoms with Crippen molar-refractivity contribution >= 4 is 18.4 Å². The summed E-state index contributed by atoms with van der Waals surface area (Å²) in [6.45, 7) is 7.20. The molecule has 124 valence electrons. The van der Waals surface area contributed by atoms with Crippen LogP contribution in [0.5, 0.6) is 0 Å². The van der Waals surface area contributed by atoms with E-state index in [9.17, 15) is 0 Å². The summed E-state index contributed by atoms with van der Waals surface area (Å²) in [6.07, 6.45) is 21.1. The zero-order chi connectivity index (χ0) is 15.4. The van der Waals surface area contributed by atoms with Crippen LogP contribution >= 0.6 is 0 Å². The number of unbranched alkanes of at least 4 members (excludes halogenated alkanes) is 3. The Balaban J connectivity index is 2.83. The molecule has 0 nitrogen and oxygen atoms in total. The predicted molar refractivity (Wildman–Crippen MR) is 101 cm³/mol. The third kappa shape index (κ3) is 7.10. The molecule has 0 aromatic carbocycles. The first-order valence-corrected chi connectivity index (χ1v) is 17.6. The Hall–Kier alpha value is 0.539. The first kappa shape index (κ1) is 19.6. The van der Waals surface area contributed by atoms with Crippen LogP contribution in [0.4, 0.5) is 0 Å². The standard InChI is InChI=1S/C8H13.3C4H9.Sn/c1-2-4-6-8-7-5-3-1;3*1-3-4-2;/h1-2,7H,3-6,8H2;3*1,3-4H2,2H3;/b2-1-;;;;. The van der Waals surface area contributed by atoms with Gasteiger partial charge in [-0.1, -0.05) is 0 Å². The van der Waals surface area contributed by atoms with Crippen LogP contribution in [-0.4, -0.2) is 18.4 Å². The zero-order valence-electron chi connectivity index (χ0n) is 15.1. The second kappa shape index (κ2) is 12.0. The SMILES string of the molecule is CCC[CH2][Sn]([CH2]CCC)([CH2]CCC)[CH]1CC/C=C\CCC1. The van der Waals surface area contributed by atoms with E-state index in [0.29, 0.717) is 0 Å². The second-order valence-corrected chi connectivity index (χ2v) is 21.7. The van der Waals surface area contributed by atoms with Gasteiger partial charge in [-0.2, -0.15) is 0 Å². The van der Waals surface area contributed by atoms with E-state index >= 15 is 0 Å². The van der Waals surface area contributed by atoms with Gasteiger partial charge in [-0.15, -0.1) is 0 Å². The molecular formula is C20H40Sn. The minimum atomic E-state index is -1.93. The van der Waals surface area contributed by atoms with E-state index in [-0.39, 0.29) is 0 Å². The van der Waals surface area contributed by atoms with Crippen molar-refractivity contribution in [3.05, 3.63) is 12.2 Å². The normalized spacial score (nSPS) is 21.8. The quantitative estimate of drug-likeness (QED) is 0.261. The summed E-state index contributed by atoms with van der Waals surface area (Å²) in [7, 11) is 0. The summed E-state index contributed by atoms with van der Waals surface area (Å²) in [5, 5.41) is 0. The average molecular weight is 399 g/mol. The molecule has 0 fully saturated rings. The van der Waals surface area contributed by atoms with Gasteiger partial charge in [0.15, 0.2) is 0 Å². The second-order valence-electron chi connectivity index (χ2n) is 7.35. The van der Waals surface area contributed by atoms with E-state index in [0.717, 1.165) is 0 Å². The van der Waals surface area contributed by atoms with Gasteiger partial charge >= 0.3 is 139 Å².